The van der Waals surface area contributed by atoms with E-state index in [0.717, 1.165) is 18.4 Å². The summed E-state index contributed by atoms with van der Waals surface area (Å²) in [5, 5.41) is 94.5. The molecule has 15 heteroatoms. The van der Waals surface area contributed by atoms with Gasteiger partial charge in [-0.2, -0.15) is 0 Å². The number of hydrogen-bond acceptors (Lipinski definition) is 15. The van der Waals surface area contributed by atoms with E-state index in [4.69, 9.17) is 28.4 Å². The van der Waals surface area contributed by atoms with Crippen molar-refractivity contribution in [3.05, 3.63) is 24.3 Å². The molecule has 0 amide bonds. The van der Waals surface area contributed by atoms with Crippen molar-refractivity contribution in [2.45, 2.75) is 184 Å². The third kappa shape index (κ3) is 7.92. The van der Waals surface area contributed by atoms with Crippen LogP contribution in [0.4, 0.5) is 0 Å². The fourth-order valence-corrected chi connectivity index (χ4v) is 9.41. The maximum Gasteiger partial charge on any atom is 0.187 e. The summed E-state index contributed by atoms with van der Waals surface area (Å²) in [5.74, 6) is 0.184. The number of hydrogen-bond donors (Lipinski definition) is 9. The monoisotopic (exact) mass is 760 g/mol. The van der Waals surface area contributed by atoms with E-state index in [1.807, 2.05) is 6.92 Å². The average Bonchev–Trinajstić information content (AvgIpc) is 3.12. The molecule has 0 spiro atoms. The Bertz CT molecular complexity index is 1280. The molecule has 0 aromatic rings. The molecular formula is C38H64O15. The molecule has 306 valence electrons. The third-order valence-electron chi connectivity index (χ3n) is 13.6. The van der Waals surface area contributed by atoms with Crippen molar-refractivity contribution in [3.8, 4) is 0 Å². The first-order valence-corrected chi connectivity index (χ1v) is 19.0. The molecule has 0 aromatic carbocycles. The van der Waals surface area contributed by atoms with Crippen LogP contribution in [0.1, 0.15) is 80.6 Å². The van der Waals surface area contributed by atoms with Crippen molar-refractivity contribution in [3.63, 3.8) is 0 Å². The second-order valence-corrected chi connectivity index (χ2v) is 16.9. The quantitative estimate of drug-likeness (QED) is 0.126. The molecule has 21 unspecified atom stereocenters. The molecule has 0 bridgehead atoms. The van der Waals surface area contributed by atoms with Crippen LogP contribution in [0.15, 0.2) is 24.3 Å². The SMILES string of the molecule is C=CC(C)(CCC1(C)C(C)CC(OC2OC(CO)C(O)C(O)C2O)C2(C)C(C)=CCCC12)OC1OC(C)C(O)C(O)C1OC1OC(C)C(O)C(O)C1O. The highest BCUT2D eigenvalue weighted by atomic mass is 16.8. The predicted octanol–water partition coefficient (Wildman–Crippen LogP) is 0.00100. The third-order valence-corrected chi connectivity index (χ3v) is 13.6. The molecule has 21 atom stereocenters. The van der Waals surface area contributed by atoms with Gasteiger partial charge in [0.15, 0.2) is 18.9 Å². The Hall–Kier alpha value is -1.12. The minimum Gasteiger partial charge on any atom is -0.394 e. The van der Waals surface area contributed by atoms with Crippen LogP contribution in [0.25, 0.3) is 0 Å². The Morgan fingerprint density at radius 1 is 0.811 bits per heavy atom. The van der Waals surface area contributed by atoms with E-state index >= 15 is 0 Å². The zero-order valence-electron chi connectivity index (χ0n) is 32.0. The van der Waals surface area contributed by atoms with E-state index < -0.39 is 116 Å². The smallest absolute Gasteiger partial charge is 0.187 e. The van der Waals surface area contributed by atoms with Gasteiger partial charge in [-0.3, -0.25) is 0 Å². The van der Waals surface area contributed by atoms with Crippen molar-refractivity contribution in [2.24, 2.45) is 22.7 Å². The summed E-state index contributed by atoms with van der Waals surface area (Å²) in [7, 11) is 0. The van der Waals surface area contributed by atoms with Gasteiger partial charge in [0, 0.05) is 5.41 Å². The molecule has 0 aromatic heterocycles. The lowest BCUT2D eigenvalue weighted by molar-refractivity contribution is -0.370. The first kappa shape index (κ1) is 43.0. The number of aliphatic hydroxyl groups is 9. The van der Waals surface area contributed by atoms with Gasteiger partial charge >= 0.3 is 0 Å². The van der Waals surface area contributed by atoms with Crippen LogP contribution in [-0.4, -0.2) is 156 Å². The number of aliphatic hydroxyl groups excluding tert-OH is 9. The van der Waals surface area contributed by atoms with E-state index in [0.29, 0.717) is 19.3 Å². The lowest BCUT2D eigenvalue weighted by Gasteiger charge is -2.61. The largest absolute Gasteiger partial charge is 0.394 e. The van der Waals surface area contributed by atoms with Gasteiger partial charge in [-0.05, 0) is 77.0 Å². The maximum absolute atomic E-state index is 11.2. The summed E-state index contributed by atoms with van der Waals surface area (Å²) in [6.07, 6.45) is -13.2. The molecule has 15 nitrogen and oxygen atoms in total. The molecule has 2 aliphatic carbocycles. The fraction of sp³-hybridized carbons (Fsp3) is 0.895. The lowest BCUT2D eigenvalue weighted by Crippen LogP contribution is -2.64. The summed E-state index contributed by atoms with van der Waals surface area (Å²) >= 11 is 0. The molecule has 5 rings (SSSR count). The fourth-order valence-electron chi connectivity index (χ4n) is 9.41. The van der Waals surface area contributed by atoms with Gasteiger partial charge in [0.2, 0.25) is 0 Å². The van der Waals surface area contributed by atoms with Gasteiger partial charge in [0.05, 0.1) is 30.5 Å². The second kappa shape index (κ2) is 16.4. The van der Waals surface area contributed by atoms with Gasteiger partial charge in [-0.15, -0.1) is 6.58 Å². The van der Waals surface area contributed by atoms with Gasteiger partial charge in [-0.1, -0.05) is 38.5 Å². The molecule has 4 fully saturated rings. The lowest BCUT2D eigenvalue weighted by atomic mass is 9.45. The molecule has 9 N–H and O–H groups in total. The van der Waals surface area contributed by atoms with Crippen molar-refractivity contribution in [2.75, 3.05) is 6.61 Å². The molecule has 3 aliphatic heterocycles. The minimum absolute atomic E-state index is 0.0862. The Balaban J connectivity index is 1.35. The Kier molecular flexibility index (Phi) is 13.3. The van der Waals surface area contributed by atoms with E-state index in [1.165, 1.54) is 6.92 Å². The second-order valence-electron chi connectivity index (χ2n) is 16.9. The van der Waals surface area contributed by atoms with Crippen LogP contribution in [0.2, 0.25) is 0 Å². The Morgan fingerprint density at radius 3 is 1.98 bits per heavy atom. The molecule has 1 saturated carbocycles. The van der Waals surface area contributed by atoms with E-state index in [1.54, 1.807) is 13.0 Å². The first-order chi connectivity index (χ1) is 24.7. The number of allylic oxidation sites excluding steroid dienone is 1. The number of ether oxygens (including phenoxy) is 6. The molecule has 3 saturated heterocycles. The van der Waals surface area contributed by atoms with Crippen molar-refractivity contribution < 1.29 is 74.4 Å². The number of fused-ring (bicyclic) bond motifs is 1. The van der Waals surface area contributed by atoms with Gasteiger partial charge in [0.25, 0.3) is 0 Å². The molecule has 3 heterocycles. The molecule has 5 aliphatic rings. The van der Waals surface area contributed by atoms with Crippen molar-refractivity contribution in [1.82, 2.24) is 0 Å². The highest BCUT2D eigenvalue weighted by Crippen LogP contribution is 2.63. The minimum atomic E-state index is -1.65. The summed E-state index contributed by atoms with van der Waals surface area (Å²) in [6.45, 7) is 17.1. The summed E-state index contributed by atoms with van der Waals surface area (Å²) in [4.78, 5) is 0. The standard InChI is InChI=1S/C38H64O15/c1-9-36(6,53-35-32(29(45)25(41)20(5)49-35)52-33-30(46)27(43)24(40)19(4)48-33)13-14-37(7)18(3)15-23(38(8)17(2)11-10-12-22(37)38)51-34-31(47)28(44)26(42)21(16-39)50-34/h9,11,18-35,39-47H,1,10,12-16H2,2-8H3. The van der Waals surface area contributed by atoms with E-state index in [9.17, 15) is 46.0 Å². The zero-order valence-corrected chi connectivity index (χ0v) is 32.0. The number of rotatable bonds is 11. The highest BCUT2D eigenvalue weighted by Gasteiger charge is 2.60. The average molecular weight is 761 g/mol. The van der Waals surface area contributed by atoms with Crippen LogP contribution < -0.4 is 0 Å². The van der Waals surface area contributed by atoms with Crippen molar-refractivity contribution in [1.29, 1.82) is 0 Å². The van der Waals surface area contributed by atoms with Crippen LogP contribution in [0.5, 0.6) is 0 Å². The first-order valence-electron chi connectivity index (χ1n) is 19.0. The summed E-state index contributed by atoms with van der Waals surface area (Å²) in [5.41, 5.74) is -0.667. The highest BCUT2D eigenvalue weighted by molar-refractivity contribution is 5.24. The Morgan fingerprint density at radius 2 is 1.38 bits per heavy atom. The van der Waals surface area contributed by atoms with Gasteiger partial charge in [-0.25, -0.2) is 0 Å². The van der Waals surface area contributed by atoms with Gasteiger partial charge in [0.1, 0.15) is 61.0 Å². The van der Waals surface area contributed by atoms with Crippen LogP contribution >= 0.6 is 0 Å². The van der Waals surface area contributed by atoms with Crippen molar-refractivity contribution >= 4 is 0 Å². The van der Waals surface area contributed by atoms with E-state index in [2.05, 4.69) is 40.3 Å². The molecule has 53 heavy (non-hydrogen) atoms. The van der Waals surface area contributed by atoms with Gasteiger partial charge < -0.3 is 74.4 Å². The zero-order chi connectivity index (χ0) is 39.4. The summed E-state index contributed by atoms with van der Waals surface area (Å²) < 4.78 is 36.5. The predicted molar refractivity (Wildman–Crippen MR) is 188 cm³/mol. The summed E-state index contributed by atoms with van der Waals surface area (Å²) in [6, 6.07) is 0. The van der Waals surface area contributed by atoms with Crippen LogP contribution in [0.3, 0.4) is 0 Å². The normalized spacial score (nSPS) is 51.9. The van der Waals surface area contributed by atoms with Crippen LogP contribution in [-0.2, 0) is 28.4 Å². The van der Waals surface area contributed by atoms with E-state index in [-0.39, 0.29) is 17.3 Å². The molecular weight excluding hydrogens is 696 g/mol. The Labute approximate surface area is 312 Å². The van der Waals surface area contributed by atoms with Crippen LogP contribution in [0, 0.1) is 22.7 Å². The molecule has 0 radical (unpaired) electrons. The maximum atomic E-state index is 11.2. The topological polar surface area (TPSA) is 237 Å².